The molecule has 4 heteroatoms. The van der Waals surface area contributed by atoms with E-state index in [2.05, 4.69) is 0 Å². The Bertz CT molecular complexity index is 590. The Morgan fingerprint density at radius 2 is 1.71 bits per heavy atom. The van der Waals surface area contributed by atoms with Crippen molar-refractivity contribution < 1.29 is 14.6 Å². The normalized spacial score (nSPS) is 10.6. The van der Waals surface area contributed by atoms with E-state index >= 15 is 0 Å². The van der Waals surface area contributed by atoms with Crippen LogP contribution in [0.4, 0.5) is 0 Å². The minimum atomic E-state index is 0.0333. The summed E-state index contributed by atoms with van der Waals surface area (Å²) in [6.45, 7) is 1.02. The standard InChI is InChI=1S/C17H19NO3/c1-18(11-13-3-9-16(21-2)10-4-13)12-17(20)14-5-7-15(19)8-6-14/h3-10,19H,11-12H2,1-2H3. The highest BCUT2D eigenvalue weighted by molar-refractivity contribution is 5.97. The number of Topliss-reactive ketones (excluding diaryl/α,β-unsaturated/α-hetero) is 1. The molecular formula is C17H19NO3. The first-order valence-electron chi connectivity index (χ1n) is 6.72. The first-order valence-corrected chi connectivity index (χ1v) is 6.72. The zero-order valence-electron chi connectivity index (χ0n) is 12.2. The topological polar surface area (TPSA) is 49.8 Å². The predicted molar refractivity (Wildman–Crippen MR) is 81.8 cm³/mol. The molecule has 1 N–H and O–H groups in total. The van der Waals surface area contributed by atoms with Crippen LogP contribution in [0.25, 0.3) is 0 Å². The van der Waals surface area contributed by atoms with Crippen LogP contribution in [-0.4, -0.2) is 36.5 Å². The van der Waals surface area contributed by atoms with Crippen LogP contribution in [0, 0.1) is 0 Å². The van der Waals surface area contributed by atoms with Crippen LogP contribution in [0.3, 0.4) is 0 Å². The van der Waals surface area contributed by atoms with E-state index < -0.39 is 0 Å². The maximum absolute atomic E-state index is 12.1. The number of carbonyl (C=O) groups excluding carboxylic acids is 1. The number of likely N-dealkylation sites (N-methyl/N-ethyl adjacent to an activating group) is 1. The zero-order chi connectivity index (χ0) is 15.2. The molecule has 0 aliphatic heterocycles. The molecule has 2 rings (SSSR count). The van der Waals surface area contributed by atoms with Gasteiger partial charge in [-0.1, -0.05) is 12.1 Å². The summed E-state index contributed by atoms with van der Waals surface area (Å²) in [5, 5.41) is 9.23. The lowest BCUT2D eigenvalue weighted by Gasteiger charge is -2.16. The lowest BCUT2D eigenvalue weighted by molar-refractivity contribution is 0.0943. The molecule has 0 amide bonds. The average molecular weight is 285 g/mol. The summed E-state index contributed by atoms with van der Waals surface area (Å²) in [4.78, 5) is 14.1. The lowest BCUT2D eigenvalue weighted by Crippen LogP contribution is -2.25. The molecule has 0 heterocycles. The van der Waals surface area contributed by atoms with Gasteiger partial charge in [-0.05, 0) is 49.0 Å². The van der Waals surface area contributed by atoms with Crippen molar-refractivity contribution in [1.82, 2.24) is 4.90 Å². The molecular weight excluding hydrogens is 266 g/mol. The molecule has 0 spiro atoms. The number of methoxy groups -OCH3 is 1. The van der Waals surface area contributed by atoms with Crippen molar-refractivity contribution in [3.05, 3.63) is 59.7 Å². The number of carbonyl (C=O) groups is 1. The highest BCUT2D eigenvalue weighted by Crippen LogP contribution is 2.14. The van der Waals surface area contributed by atoms with Gasteiger partial charge in [0.25, 0.3) is 0 Å². The molecule has 0 aliphatic rings. The van der Waals surface area contributed by atoms with Crippen LogP contribution in [-0.2, 0) is 6.54 Å². The van der Waals surface area contributed by atoms with Crippen molar-refractivity contribution in [1.29, 1.82) is 0 Å². The van der Waals surface area contributed by atoms with Gasteiger partial charge in [-0.25, -0.2) is 0 Å². The lowest BCUT2D eigenvalue weighted by atomic mass is 10.1. The SMILES string of the molecule is COc1ccc(CN(C)CC(=O)c2ccc(O)cc2)cc1. The van der Waals surface area contributed by atoms with Crippen molar-refractivity contribution in [3.63, 3.8) is 0 Å². The summed E-state index contributed by atoms with van der Waals surface area (Å²) in [7, 11) is 3.54. The quantitative estimate of drug-likeness (QED) is 0.829. The van der Waals surface area contributed by atoms with Crippen LogP contribution in [0.5, 0.6) is 11.5 Å². The Morgan fingerprint density at radius 1 is 1.10 bits per heavy atom. The molecule has 2 aromatic rings. The Labute approximate surface area is 124 Å². The summed E-state index contributed by atoms with van der Waals surface area (Å²) in [6.07, 6.45) is 0. The summed E-state index contributed by atoms with van der Waals surface area (Å²) in [6, 6.07) is 14.1. The monoisotopic (exact) mass is 285 g/mol. The van der Waals surface area contributed by atoms with Gasteiger partial charge in [0, 0.05) is 12.1 Å². The van der Waals surface area contributed by atoms with Crippen molar-refractivity contribution in [2.24, 2.45) is 0 Å². The van der Waals surface area contributed by atoms with E-state index in [1.165, 1.54) is 12.1 Å². The fourth-order valence-electron chi connectivity index (χ4n) is 2.08. The number of hydrogen-bond donors (Lipinski definition) is 1. The van der Waals surface area contributed by atoms with Crippen molar-refractivity contribution in [2.45, 2.75) is 6.54 Å². The first-order chi connectivity index (χ1) is 10.1. The minimum Gasteiger partial charge on any atom is -0.508 e. The average Bonchev–Trinajstić information content (AvgIpc) is 2.48. The molecule has 0 aromatic heterocycles. The van der Waals surface area contributed by atoms with Gasteiger partial charge in [0.15, 0.2) is 5.78 Å². The second kappa shape index (κ2) is 6.90. The highest BCUT2D eigenvalue weighted by Gasteiger charge is 2.10. The molecule has 0 saturated carbocycles. The number of phenolic OH excluding ortho intramolecular Hbond substituents is 1. The molecule has 0 fully saturated rings. The third-order valence-corrected chi connectivity index (χ3v) is 3.21. The largest absolute Gasteiger partial charge is 0.508 e. The first kappa shape index (κ1) is 15.1. The zero-order valence-corrected chi connectivity index (χ0v) is 12.2. The van der Waals surface area contributed by atoms with Crippen molar-refractivity contribution in [2.75, 3.05) is 20.7 Å². The molecule has 0 aliphatic carbocycles. The van der Waals surface area contributed by atoms with E-state index in [4.69, 9.17) is 4.74 Å². The molecule has 0 saturated heterocycles. The van der Waals surface area contributed by atoms with Gasteiger partial charge in [0.2, 0.25) is 0 Å². The van der Waals surface area contributed by atoms with Gasteiger partial charge in [0.1, 0.15) is 11.5 Å². The molecule has 2 aromatic carbocycles. The fraction of sp³-hybridized carbons (Fsp3) is 0.235. The number of phenols is 1. The van der Waals surface area contributed by atoms with E-state index in [1.54, 1.807) is 19.2 Å². The van der Waals surface area contributed by atoms with Gasteiger partial charge in [-0.3, -0.25) is 9.69 Å². The van der Waals surface area contributed by atoms with E-state index in [0.717, 1.165) is 11.3 Å². The minimum absolute atomic E-state index is 0.0333. The number of rotatable bonds is 6. The Morgan fingerprint density at radius 3 is 2.29 bits per heavy atom. The second-order valence-electron chi connectivity index (χ2n) is 4.99. The molecule has 0 bridgehead atoms. The Kier molecular flexibility index (Phi) is 4.95. The molecule has 0 radical (unpaired) electrons. The van der Waals surface area contributed by atoms with E-state index in [9.17, 15) is 9.90 Å². The van der Waals surface area contributed by atoms with Gasteiger partial charge >= 0.3 is 0 Å². The number of benzene rings is 2. The van der Waals surface area contributed by atoms with E-state index in [0.29, 0.717) is 18.7 Å². The van der Waals surface area contributed by atoms with Crippen LogP contribution in [0.1, 0.15) is 15.9 Å². The maximum atomic E-state index is 12.1. The van der Waals surface area contributed by atoms with Crippen molar-refractivity contribution >= 4 is 5.78 Å². The van der Waals surface area contributed by atoms with Crippen LogP contribution >= 0.6 is 0 Å². The van der Waals surface area contributed by atoms with Crippen LogP contribution in [0.2, 0.25) is 0 Å². The van der Waals surface area contributed by atoms with Gasteiger partial charge in [-0.2, -0.15) is 0 Å². The third kappa shape index (κ3) is 4.33. The molecule has 110 valence electrons. The Hall–Kier alpha value is -2.33. The Balaban J connectivity index is 1.92. The van der Waals surface area contributed by atoms with Gasteiger partial charge < -0.3 is 9.84 Å². The summed E-state index contributed by atoms with van der Waals surface area (Å²) >= 11 is 0. The van der Waals surface area contributed by atoms with Gasteiger partial charge in [-0.15, -0.1) is 0 Å². The summed E-state index contributed by atoms with van der Waals surface area (Å²) < 4.78 is 5.12. The number of aromatic hydroxyl groups is 1. The van der Waals surface area contributed by atoms with Crippen molar-refractivity contribution in [3.8, 4) is 11.5 Å². The smallest absolute Gasteiger partial charge is 0.176 e. The van der Waals surface area contributed by atoms with Crippen LogP contribution in [0.15, 0.2) is 48.5 Å². The number of ether oxygens (including phenoxy) is 1. The molecule has 4 nitrogen and oxygen atoms in total. The predicted octanol–water partition coefficient (Wildman–Crippen LogP) is 2.72. The summed E-state index contributed by atoms with van der Waals surface area (Å²) in [5.74, 6) is 1.02. The highest BCUT2D eigenvalue weighted by atomic mass is 16.5. The van der Waals surface area contributed by atoms with E-state index in [-0.39, 0.29) is 11.5 Å². The van der Waals surface area contributed by atoms with Gasteiger partial charge in [0.05, 0.1) is 13.7 Å². The number of nitrogens with zero attached hydrogens (tertiary/aromatic N) is 1. The fourth-order valence-corrected chi connectivity index (χ4v) is 2.08. The number of hydrogen-bond acceptors (Lipinski definition) is 4. The third-order valence-electron chi connectivity index (χ3n) is 3.21. The van der Waals surface area contributed by atoms with E-state index in [1.807, 2.05) is 36.2 Å². The molecule has 0 unspecified atom stereocenters. The van der Waals surface area contributed by atoms with Crippen LogP contribution < -0.4 is 4.74 Å². The number of ketones is 1. The summed E-state index contributed by atoms with van der Waals surface area (Å²) in [5.41, 5.74) is 1.73. The maximum Gasteiger partial charge on any atom is 0.176 e. The molecule has 21 heavy (non-hydrogen) atoms. The molecule has 0 atom stereocenters. The second-order valence-corrected chi connectivity index (χ2v) is 4.99.